The highest BCUT2D eigenvalue weighted by Gasteiger charge is 2.13. The molecule has 0 aliphatic carbocycles. The molecule has 1 aromatic heterocycles. The molecule has 0 atom stereocenters. The van der Waals surface area contributed by atoms with Crippen LogP contribution in [0, 0.1) is 13.8 Å². The number of hydrogen-bond donors (Lipinski definition) is 1. The number of nitrogens with two attached hydrogens (primary N) is 1. The van der Waals surface area contributed by atoms with E-state index in [1.165, 1.54) is 5.56 Å². The number of rotatable bonds is 4. The van der Waals surface area contributed by atoms with Gasteiger partial charge in [-0.2, -0.15) is 0 Å². The Morgan fingerprint density at radius 3 is 2.12 bits per heavy atom. The Kier molecular flexibility index (Phi) is 4.57. The molecule has 0 spiro atoms. The van der Waals surface area contributed by atoms with Crippen LogP contribution in [0.1, 0.15) is 11.1 Å². The molecule has 0 amide bonds. The summed E-state index contributed by atoms with van der Waals surface area (Å²) >= 11 is 0. The summed E-state index contributed by atoms with van der Waals surface area (Å²) in [5, 5.41) is 0. The quantitative estimate of drug-likeness (QED) is 0.779. The highest BCUT2D eigenvalue weighted by atomic mass is 16.5. The van der Waals surface area contributed by atoms with Crippen molar-refractivity contribution in [2.24, 2.45) is 0 Å². The third-order valence-corrected chi connectivity index (χ3v) is 4.09. The van der Waals surface area contributed by atoms with Gasteiger partial charge in [0.15, 0.2) is 0 Å². The van der Waals surface area contributed by atoms with E-state index in [1.54, 1.807) is 14.2 Å². The number of nitrogens with zero attached hydrogens (tertiary/aromatic N) is 2. The Hall–Kier alpha value is -3.08. The molecular weight excluding hydrogens is 314 g/mol. The molecule has 5 nitrogen and oxygen atoms in total. The number of ether oxygens (including phenoxy) is 2. The minimum Gasteiger partial charge on any atom is -0.497 e. The van der Waals surface area contributed by atoms with Gasteiger partial charge >= 0.3 is 0 Å². The molecule has 0 saturated carbocycles. The predicted octanol–water partition coefficient (Wildman–Crippen LogP) is 4.03. The third-order valence-electron chi connectivity index (χ3n) is 4.09. The summed E-state index contributed by atoms with van der Waals surface area (Å²) in [7, 11) is 3.24. The summed E-state index contributed by atoms with van der Waals surface area (Å²) < 4.78 is 10.7. The second kappa shape index (κ2) is 6.81. The molecule has 0 radical (unpaired) electrons. The largest absolute Gasteiger partial charge is 0.497 e. The minimum atomic E-state index is 0.227. The van der Waals surface area contributed by atoms with Crippen LogP contribution in [0.15, 0.2) is 42.5 Å². The highest BCUT2D eigenvalue weighted by molar-refractivity contribution is 5.75. The molecule has 5 heteroatoms. The first-order valence-electron chi connectivity index (χ1n) is 7.96. The average molecular weight is 335 g/mol. The van der Waals surface area contributed by atoms with Crippen molar-refractivity contribution < 1.29 is 9.47 Å². The van der Waals surface area contributed by atoms with Crippen LogP contribution >= 0.6 is 0 Å². The maximum atomic E-state index is 5.97. The van der Waals surface area contributed by atoms with E-state index in [0.29, 0.717) is 11.4 Å². The Bertz CT molecular complexity index is 923. The van der Waals surface area contributed by atoms with E-state index in [0.717, 1.165) is 28.1 Å². The van der Waals surface area contributed by atoms with Crippen LogP contribution in [0.3, 0.4) is 0 Å². The number of hydrogen-bond acceptors (Lipinski definition) is 5. The van der Waals surface area contributed by atoms with Crippen molar-refractivity contribution in [1.29, 1.82) is 0 Å². The molecule has 0 aliphatic heterocycles. The summed E-state index contributed by atoms with van der Waals surface area (Å²) in [4.78, 5) is 8.80. The summed E-state index contributed by atoms with van der Waals surface area (Å²) in [6, 6.07) is 13.8. The lowest BCUT2D eigenvalue weighted by atomic mass is 10.0. The maximum absolute atomic E-state index is 5.97. The molecule has 0 saturated heterocycles. The molecule has 0 fully saturated rings. The summed E-state index contributed by atoms with van der Waals surface area (Å²) in [6.07, 6.45) is 0. The van der Waals surface area contributed by atoms with Gasteiger partial charge in [-0.1, -0.05) is 23.8 Å². The fraction of sp³-hybridized carbons (Fsp3) is 0.200. The van der Waals surface area contributed by atoms with Crippen molar-refractivity contribution in [3.05, 3.63) is 53.6 Å². The number of anilines is 1. The SMILES string of the molecule is COc1ccc(-c2cc(-c3ccc(C)cc3C)nc(N)n2)c(OC)c1. The van der Waals surface area contributed by atoms with Gasteiger partial charge in [-0.05, 0) is 37.6 Å². The lowest BCUT2D eigenvalue weighted by Gasteiger charge is -2.12. The molecular formula is C20H21N3O2. The number of aryl methyl sites for hydroxylation is 2. The lowest BCUT2D eigenvalue weighted by molar-refractivity contribution is 0.395. The van der Waals surface area contributed by atoms with Crippen molar-refractivity contribution in [3.8, 4) is 34.0 Å². The summed E-state index contributed by atoms with van der Waals surface area (Å²) in [5.41, 5.74) is 11.7. The standard InChI is InChI=1S/C20H21N3O2/c1-12-5-7-15(13(2)9-12)17-11-18(23-20(21)22-17)16-8-6-14(24-3)10-19(16)25-4/h5-11H,1-4H3,(H2,21,22,23). The molecule has 128 valence electrons. The van der Waals surface area contributed by atoms with Gasteiger partial charge in [-0.3, -0.25) is 0 Å². The van der Waals surface area contributed by atoms with Crippen LogP contribution in [0.25, 0.3) is 22.5 Å². The van der Waals surface area contributed by atoms with Crippen LogP contribution in [-0.2, 0) is 0 Å². The fourth-order valence-corrected chi connectivity index (χ4v) is 2.85. The number of aromatic nitrogens is 2. The van der Waals surface area contributed by atoms with Gasteiger partial charge in [0.2, 0.25) is 5.95 Å². The minimum absolute atomic E-state index is 0.227. The summed E-state index contributed by atoms with van der Waals surface area (Å²) in [6.45, 7) is 4.13. The highest BCUT2D eigenvalue weighted by Crippen LogP contribution is 2.34. The first-order valence-corrected chi connectivity index (χ1v) is 7.96. The van der Waals surface area contributed by atoms with Crippen LogP contribution < -0.4 is 15.2 Å². The maximum Gasteiger partial charge on any atom is 0.221 e. The zero-order valence-corrected chi connectivity index (χ0v) is 14.8. The summed E-state index contributed by atoms with van der Waals surface area (Å²) in [5.74, 6) is 1.62. The van der Waals surface area contributed by atoms with E-state index in [2.05, 4.69) is 42.0 Å². The second-order valence-corrected chi connectivity index (χ2v) is 5.88. The Morgan fingerprint density at radius 1 is 0.800 bits per heavy atom. The molecule has 2 aromatic carbocycles. The first kappa shape index (κ1) is 16.8. The number of methoxy groups -OCH3 is 2. The van der Waals surface area contributed by atoms with Gasteiger partial charge in [0.05, 0.1) is 25.6 Å². The molecule has 0 unspecified atom stereocenters. The monoisotopic (exact) mass is 335 g/mol. The van der Waals surface area contributed by atoms with Gasteiger partial charge in [0, 0.05) is 17.2 Å². The second-order valence-electron chi connectivity index (χ2n) is 5.88. The number of nitrogen functional groups attached to an aromatic ring is 1. The average Bonchev–Trinajstić information content (AvgIpc) is 2.60. The van der Waals surface area contributed by atoms with Crippen LogP contribution in [0.5, 0.6) is 11.5 Å². The van der Waals surface area contributed by atoms with Crippen LogP contribution in [0.2, 0.25) is 0 Å². The molecule has 0 bridgehead atoms. The van der Waals surface area contributed by atoms with E-state index >= 15 is 0 Å². The molecule has 0 aliphatic rings. The Morgan fingerprint density at radius 2 is 1.48 bits per heavy atom. The van der Waals surface area contributed by atoms with Crippen molar-refractivity contribution >= 4 is 5.95 Å². The van der Waals surface area contributed by atoms with Gasteiger partial charge in [-0.25, -0.2) is 9.97 Å². The molecule has 25 heavy (non-hydrogen) atoms. The van der Waals surface area contributed by atoms with E-state index in [-0.39, 0.29) is 5.95 Å². The molecule has 3 rings (SSSR count). The smallest absolute Gasteiger partial charge is 0.221 e. The Labute approximate surface area is 147 Å². The molecule has 1 heterocycles. The zero-order valence-electron chi connectivity index (χ0n) is 14.8. The van der Waals surface area contributed by atoms with Crippen molar-refractivity contribution in [2.45, 2.75) is 13.8 Å². The van der Waals surface area contributed by atoms with Gasteiger partial charge in [-0.15, -0.1) is 0 Å². The molecule has 2 N–H and O–H groups in total. The van der Waals surface area contributed by atoms with E-state index in [4.69, 9.17) is 15.2 Å². The predicted molar refractivity (Wildman–Crippen MR) is 99.9 cm³/mol. The normalized spacial score (nSPS) is 10.6. The number of benzene rings is 2. The lowest BCUT2D eigenvalue weighted by Crippen LogP contribution is -2.00. The van der Waals surface area contributed by atoms with Gasteiger partial charge in [0.1, 0.15) is 11.5 Å². The topological polar surface area (TPSA) is 70.3 Å². The first-order chi connectivity index (χ1) is 12.0. The van der Waals surface area contributed by atoms with Gasteiger partial charge in [0.25, 0.3) is 0 Å². The molecule has 3 aromatic rings. The Balaban J connectivity index is 2.14. The van der Waals surface area contributed by atoms with Crippen LogP contribution in [0.4, 0.5) is 5.95 Å². The van der Waals surface area contributed by atoms with Crippen molar-refractivity contribution in [3.63, 3.8) is 0 Å². The third kappa shape index (κ3) is 3.40. The van der Waals surface area contributed by atoms with E-state index in [1.807, 2.05) is 24.3 Å². The van der Waals surface area contributed by atoms with Crippen molar-refractivity contribution in [2.75, 3.05) is 20.0 Å². The van der Waals surface area contributed by atoms with Crippen molar-refractivity contribution in [1.82, 2.24) is 9.97 Å². The van der Waals surface area contributed by atoms with Gasteiger partial charge < -0.3 is 15.2 Å². The van der Waals surface area contributed by atoms with E-state index < -0.39 is 0 Å². The van der Waals surface area contributed by atoms with Crippen LogP contribution in [-0.4, -0.2) is 24.2 Å². The fourth-order valence-electron chi connectivity index (χ4n) is 2.85. The van der Waals surface area contributed by atoms with E-state index in [9.17, 15) is 0 Å². The zero-order chi connectivity index (χ0) is 18.0.